The van der Waals surface area contributed by atoms with E-state index in [-0.39, 0.29) is 36.1 Å². The van der Waals surface area contributed by atoms with Crippen molar-refractivity contribution in [2.75, 3.05) is 44.7 Å². The number of nitrogens with zero attached hydrogens (tertiary/aromatic N) is 1. The maximum absolute atomic E-state index is 12.4. The number of morpholine rings is 1. The number of ether oxygens (including phenoxy) is 1. The highest BCUT2D eigenvalue weighted by molar-refractivity contribution is 5.95. The van der Waals surface area contributed by atoms with E-state index in [1.165, 1.54) is 5.56 Å². The summed E-state index contributed by atoms with van der Waals surface area (Å²) in [5.74, 6) is 0.110. The Morgan fingerprint density at radius 2 is 1.92 bits per heavy atom. The van der Waals surface area contributed by atoms with Crippen molar-refractivity contribution in [2.24, 2.45) is 5.41 Å². The van der Waals surface area contributed by atoms with Gasteiger partial charge in [-0.2, -0.15) is 0 Å². The molecule has 2 heterocycles. The van der Waals surface area contributed by atoms with Crippen molar-refractivity contribution in [3.8, 4) is 0 Å². The molecule has 2 saturated heterocycles. The number of carbonyl (C=O) groups excluding carboxylic acids is 1. The zero-order valence-corrected chi connectivity index (χ0v) is 15.7. The molecule has 1 amide bonds. The van der Waals surface area contributed by atoms with Crippen LogP contribution in [-0.2, 0) is 16.1 Å². The average molecular weight is 376 g/mol. The maximum Gasteiger partial charge on any atom is 0.231 e. The number of benzene rings is 1. The lowest BCUT2D eigenvalue weighted by Crippen LogP contribution is -2.35. The van der Waals surface area contributed by atoms with Crippen molar-refractivity contribution in [3.05, 3.63) is 29.8 Å². The third-order valence-electron chi connectivity index (χ3n) is 4.64. The predicted octanol–water partition coefficient (Wildman–Crippen LogP) is 2.30. The summed E-state index contributed by atoms with van der Waals surface area (Å²) in [6, 6.07) is 8.19. The van der Waals surface area contributed by atoms with E-state index in [0.29, 0.717) is 0 Å². The molecule has 24 heavy (non-hydrogen) atoms. The van der Waals surface area contributed by atoms with Gasteiger partial charge in [0.2, 0.25) is 5.91 Å². The van der Waals surface area contributed by atoms with Crippen molar-refractivity contribution in [2.45, 2.75) is 19.9 Å². The number of anilines is 1. The molecule has 2 aliphatic rings. The first-order valence-electron chi connectivity index (χ1n) is 8.07. The SMILES string of the molecule is CC1(C(=O)Nc2ccc(CN3CCOCC3)cc2)CCNC1.Cl.Cl. The molecular weight excluding hydrogens is 349 g/mol. The topological polar surface area (TPSA) is 53.6 Å². The minimum atomic E-state index is -0.285. The lowest BCUT2D eigenvalue weighted by molar-refractivity contribution is -0.123. The lowest BCUT2D eigenvalue weighted by Gasteiger charge is -2.26. The molecule has 1 atom stereocenters. The number of hydrogen-bond acceptors (Lipinski definition) is 4. The zero-order valence-electron chi connectivity index (χ0n) is 14.0. The molecule has 1 aromatic carbocycles. The number of halogens is 2. The molecule has 0 spiro atoms. The molecule has 7 heteroatoms. The van der Waals surface area contributed by atoms with E-state index >= 15 is 0 Å². The molecule has 2 fully saturated rings. The third kappa shape index (κ3) is 5.33. The fourth-order valence-corrected chi connectivity index (χ4v) is 3.00. The second kappa shape index (κ2) is 9.59. The van der Waals surface area contributed by atoms with Gasteiger partial charge >= 0.3 is 0 Å². The second-order valence-corrected chi connectivity index (χ2v) is 6.53. The summed E-state index contributed by atoms with van der Waals surface area (Å²) < 4.78 is 5.36. The third-order valence-corrected chi connectivity index (χ3v) is 4.64. The van der Waals surface area contributed by atoms with Crippen molar-refractivity contribution < 1.29 is 9.53 Å². The summed E-state index contributed by atoms with van der Waals surface area (Å²) >= 11 is 0. The summed E-state index contributed by atoms with van der Waals surface area (Å²) in [4.78, 5) is 14.8. The van der Waals surface area contributed by atoms with E-state index in [4.69, 9.17) is 4.74 Å². The van der Waals surface area contributed by atoms with Crippen LogP contribution < -0.4 is 10.6 Å². The Bertz CT molecular complexity index is 513. The first kappa shape index (κ1) is 21.2. The molecule has 1 aromatic rings. The summed E-state index contributed by atoms with van der Waals surface area (Å²) in [6.45, 7) is 8.26. The van der Waals surface area contributed by atoms with Gasteiger partial charge in [-0.05, 0) is 37.6 Å². The van der Waals surface area contributed by atoms with Crippen LogP contribution in [0.5, 0.6) is 0 Å². The Hall–Kier alpha value is -0.850. The van der Waals surface area contributed by atoms with E-state index in [1.54, 1.807) is 0 Å². The molecule has 0 radical (unpaired) electrons. The molecular formula is C17H27Cl2N3O2. The van der Waals surface area contributed by atoms with Crippen LogP contribution in [0.25, 0.3) is 0 Å². The van der Waals surface area contributed by atoms with Crippen LogP contribution in [0.3, 0.4) is 0 Å². The Morgan fingerprint density at radius 1 is 1.25 bits per heavy atom. The van der Waals surface area contributed by atoms with E-state index in [9.17, 15) is 4.79 Å². The molecule has 136 valence electrons. The number of nitrogens with one attached hydrogen (secondary N) is 2. The predicted molar refractivity (Wildman–Crippen MR) is 101 cm³/mol. The quantitative estimate of drug-likeness (QED) is 0.847. The molecule has 0 bridgehead atoms. The fourth-order valence-electron chi connectivity index (χ4n) is 3.00. The van der Waals surface area contributed by atoms with Crippen LogP contribution >= 0.6 is 24.8 Å². The van der Waals surface area contributed by atoms with Gasteiger partial charge in [-0.3, -0.25) is 9.69 Å². The van der Waals surface area contributed by atoms with Gasteiger partial charge in [0.15, 0.2) is 0 Å². The van der Waals surface area contributed by atoms with Crippen LogP contribution in [0.1, 0.15) is 18.9 Å². The monoisotopic (exact) mass is 375 g/mol. The Balaban J connectivity index is 0.00000144. The smallest absolute Gasteiger partial charge is 0.231 e. The van der Waals surface area contributed by atoms with Crippen LogP contribution in [0, 0.1) is 5.41 Å². The molecule has 5 nitrogen and oxygen atoms in total. The number of carbonyl (C=O) groups is 1. The first-order valence-corrected chi connectivity index (χ1v) is 8.07. The minimum Gasteiger partial charge on any atom is -0.379 e. The normalized spacial score (nSPS) is 23.9. The van der Waals surface area contributed by atoms with Crippen molar-refractivity contribution in [1.82, 2.24) is 10.2 Å². The van der Waals surface area contributed by atoms with Crippen molar-refractivity contribution >= 4 is 36.4 Å². The maximum atomic E-state index is 12.4. The van der Waals surface area contributed by atoms with Gasteiger partial charge in [-0.15, -0.1) is 24.8 Å². The van der Waals surface area contributed by atoms with Crippen molar-refractivity contribution in [1.29, 1.82) is 0 Å². The Morgan fingerprint density at radius 3 is 2.50 bits per heavy atom. The van der Waals surface area contributed by atoms with Crippen LogP contribution in [-0.4, -0.2) is 50.2 Å². The lowest BCUT2D eigenvalue weighted by atomic mass is 9.89. The van der Waals surface area contributed by atoms with Gasteiger partial charge in [-0.1, -0.05) is 12.1 Å². The number of amides is 1. The van der Waals surface area contributed by atoms with E-state index in [1.807, 2.05) is 19.1 Å². The van der Waals surface area contributed by atoms with E-state index < -0.39 is 0 Å². The van der Waals surface area contributed by atoms with E-state index in [2.05, 4.69) is 27.7 Å². The largest absolute Gasteiger partial charge is 0.379 e. The standard InChI is InChI=1S/C17H25N3O2.2ClH/c1-17(6-7-18-13-17)16(21)19-15-4-2-14(3-5-15)12-20-8-10-22-11-9-20;;/h2-5,18H,6-13H2,1H3,(H,19,21);2*1H. The Labute approximate surface area is 156 Å². The van der Waals surface area contributed by atoms with Gasteiger partial charge < -0.3 is 15.4 Å². The molecule has 2 aliphatic heterocycles. The molecule has 0 aliphatic carbocycles. The highest BCUT2D eigenvalue weighted by Gasteiger charge is 2.36. The molecule has 3 rings (SSSR count). The summed E-state index contributed by atoms with van der Waals surface area (Å²) in [6.07, 6.45) is 0.897. The summed E-state index contributed by atoms with van der Waals surface area (Å²) in [5, 5.41) is 6.30. The second-order valence-electron chi connectivity index (χ2n) is 6.53. The van der Waals surface area contributed by atoms with Gasteiger partial charge in [-0.25, -0.2) is 0 Å². The molecule has 2 N–H and O–H groups in total. The van der Waals surface area contributed by atoms with Crippen LogP contribution in [0.15, 0.2) is 24.3 Å². The zero-order chi connectivity index (χ0) is 15.4. The molecule has 0 aromatic heterocycles. The molecule has 0 saturated carbocycles. The first-order chi connectivity index (χ1) is 10.7. The average Bonchev–Trinajstić information content (AvgIpc) is 2.98. The summed E-state index contributed by atoms with van der Waals surface area (Å²) in [7, 11) is 0. The highest BCUT2D eigenvalue weighted by atomic mass is 35.5. The van der Waals surface area contributed by atoms with Gasteiger partial charge in [0, 0.05) is 31.9 Å². The number of hydrogen-bond donors (Lipinski definition) is 2. The molecule has 1 unspecified atom stereocenters. The van der Waals surface area contributed by atoms with E-state index in [0.717, 1.165) is 58.0 Å². The van der Waals surface area contributed by atoms with Crippen LogP contribution in [0.2, 0.25) is 0 Å². The van der Waals surface area contributed by atoms with Gasteiger partial charge in [0.05, 0.1) is 18.6 Å². The number of rotatable bonds is 4. The van der Waals surface area contributed by atoms with Gasteiger partial charge in [0.1, 0.15) is 0 Å². The fraction of sp³-hybridized carbons (Fsp3) is 0.588. The minimum absolute atomic E-state index is 0. The van der Waals surface area contributed by atoms with Crippen LogP contribution in [0.4, 0.5) is 5.69 Å². The van der Waals surface area contributed by atoms with Gasteiger partial charge in [0.25, 0.3) is 0 Å². The summed E-state index contributed by atoms with van der Waals surface area (Å²) in [5.41, 5.74) is 1.87. The van der Waals surface area contributed by atoms with Crippen molar-refractivity contribution in [3.63, 3.8) is 0 Å². The Kier molecular flexibility index (Phi) is 8.46. The highest BCUT2D eigenvalue weighted by Crippen LogP contribution is 2.26.